The van der Waals surface area contributed by atoms with Gasteiger partial charge in [-0.15, -0.1) is 11.6 Å². The summed E-state index contributed by atoms with van der Waals surface area (Å²) >= 11 is 5.89. The summed E-state index contributed by atoms with van der Waals surface area (Å²) in [5, 5.41) is -0.0345. The molecule has 0 radical (unpaired) electrons. The third-order valence-corrected chi connectivity index (χ3v) is 2.41. The van der Waals surface area contributed by atoms with Crippen LogP contribution < -0.4 is 0 Å². The molecule has 0 aliphatic heterocycles. The van der Waals surface area contributed by atoms with E-state index in [-0.39, 0.29) is 11.2 Å². The Morgan fingerprint density at radius 3 is 2.54 bits per heavy atom. The summed E-state index contributed by atoms with van der Waals surface area (Å²) in [7, 11) is 0. The van der Waals surface area contributed by atoms with E-state index in [2.05, 4.69) is 0 Å². The molecule has 0 amide bonds. The quantitative estimate of drug-likeness (QED) is 0.534. The van der Waals surface area contributed by atoms with Crippen LogP contribution in [-0.4, -0.2) is 11.2 Å². The second-order valence-electron chi connectivity index (χ2n) is 3.00. The number of alkyl halides is 1. The Bertz CT molecular complexity index is 269. The predicted molar refractivity (Wildman–Crippen MR) is 55.3 cm³/mol. The minimum Gasteiger partial charge on any atom is -0.294 e. The minimum absolute atomic E-state index is 0.0345. The molecule has 0 aliphatic rings. The summed E-state index contributed by atoms with van der Waals surface area (Å²) in [6.45, 7) is 1.98. The zero-order valence-electron chi connectivity index (χ0n) is 7.66. The third-order valence-electron chi connectivity index (χ3n) is 1.95. The number of carbonyl (C=O) groups is 1. The summed E-state index contributed by atoms with van der Waals surface area (Å²) in [5.74, 6) is 0.127. The SMILES string of the molecule is CCC(Cl)CC(=O)c1ccccc1. The van der Waals surface area contributed by atoms with E-state index in [1.165, 1.54) is 0 Å². The van der Waals surface area contributed by atoms with Crippen LogP contribution in [0.1, 0.15) is 30.1 Å². The first-order valence-electron chi connectivity index (χ1n) is 4.46. The molecule has 70 valence electrons. The molecule has 0 fully saturated rings. The van der Waals surface area contributed by atoms with Gasteiger partial charge in [-0.05, 0) is 6.42 Å². The van der Waals surface area contributed by atoms with Gasteiger partial charge in [-0.1, -0.05) is 37.3 Å². The molecule has 0 bridgehead atoms. The van der Waals surface area contributed by atoms with E-state index in [1.807, 2.05) is 37.3 Å². The number of carbonyl (C=O) groups excluding carboxylic acids is 1. The van der Waals surface area contributed by atoms with Crippen molar-refractivity contribution in [1.82, 2.24) is 0 Å². The highest BCUT2D eigenvalue weighted by Crippen LogP contribution is 2.11. The molecule has 0 spiro atoms. The number of ketones is 1. The van der Waals surface area contributed by atoms with Crippen LogP contribution in [0.25, 0.3) is 0 Å². The molecule has 1 nitrogen and oxygen atoms in total. The molecule has 1 aromatic rings. The van der Waals surface area contributed by atoms with Gasteiger partial charge in [0.25, 0.3) is 0 Å². The molecule has 1 atom stereocenters. The lowest BCUT2D eigenvalue weighted by atomic mass is 10.1. The highest BCUT2D eigenvalue weighted by atomic mass is 35.5. The van der Waals surface area contributed by atoms with E-state index in [1.54, 1.807) is 0 Å². The van der Waals surface area contributed by atoms with Crippen molar-refractivity contribution < 1.29 is 4.79 Å². The smallest absolute Gasteiger partial charge is 0.164 e. The van der Waals surface area contributed by atoms with Crippen LogP contribution in [-0.2, 0) is 0 Å². The fraction of sp³-hybridized carbons (Fsp3) is 0.364. The Labute approximate surface area is 83.7 Å². The number of hydrogen-bond acceptors (Lipinski definition) is 1. The Kier molecular flexibility index (Phi) is 3.97. The summed E-state index contributed by atoms with van der Waals surface area (Å²) < 4.78 is 0. The summed E-state index contributed by atoms with van der Waals surface area (Å²) in [5.41, 5.74) is 0.751. The second kappa shape index (κ2) is 5.03. The van der Waals surface area contributed by atoms with E-state index in [0.29, 0.717) is 6.42 Å². The second-order valence-corrected chi connectivity index (χ2v) is 3.62. The molecular weight excluding hydrogens is 184 g/mol. The maximum atomic E-state index is 11.5. The first-order chi connectivity index (χ1) is 6.24. The van der Waals surface area contributed by atoms with Crippen molar-refractivity contribution in [2.75, 3.05) is 0 Å². The molecule has 2 heteroatoms. The highest BCUT2D eigenvalue weighted by molar-refractivity contribution is 6.22. The molecule has 0 heterocycles. The zero-order valence-corrected chi connectivity index (χ0v) is 8.42. The van der Waals surface area contributed by atoms with E-state index in [0.717, 1.165) is 12.0 Å². The molecule has 0 saturated carbocycles. The van der Waals surface area contributed by atoms with Crippen LogP contribution in [0.4, 0.5) is 0 Å². The van der Waals surface area contributed by atoms with Gasteiger partial charge in [0.1, 0.15) is 0 Å². The molecule has 0 N–H and O–H groups in total. The lowest BCUT2D eigenvalue weighted by molar-refractivity contribution is 0.0981. The molecule has 0 saturated heterocycles. The first kappa shape index (κ1) is 10.3. The van der Waals surface area contributed by atoms with Gasteiger partial charge in [0, 0.05) is 17.4 Å². The fourth-order valence-corrected chi connectivity index (χ4v) is 1.23. The zero-order chi connectivity index (χ0) is 9.68. The monoisotopic (exact) mass is 196 g/mol. The predicted octanol–water partition coefficient (Wildman–Crippen LogP) is 3.28. The number of halogens is 1. The Balaban J connectivity index is 2.59. The van der Waals surface area contributed by atoms with Crippen molar-refractivity contribution in [3.63, 3.8) is 0 Å². The van der Waals surface area contributed by atoms with Crippen molar-refractivity contribution in [3.05, 3.63) is 35.9 Å². The minimum atomic E-state index is -0.0345. The molecule has 1 unspecified atom stereocenters. The van der Waals surface area contributed by atoms with Gasteiger partial charge in [-0.3, -0.25) is 4.79 Å². The molecule has 1 aromatic carbocycles. The summed E-state index contributed by atoms with van der Waals surface area (Å²) in [4.78, 5) is 11.5. The van der Waals surface area contributed by atoms with E-state index >= 15 is 0 Å². The normalized spacial score (nSPS) is 12.5. The van der Waals surface area contributed by atoms with Crippen molar-refractivity contribution in [2.24, 2.45) is 0 Å². The lowest BCUT2D eigenvalue weighted by Gasteiger charge is -2.04. The molecule has 0 aliphatic carbocycles. The van der Waals surface area contributed by atoms with E-state index in [4.69, 9.17) is 11.6 Å². The van der Waals surface area contributed by atoms with Gasteiger partial charge in [0.15, 0.2) is 5.78 Å². The average Bonchev–Trinajstić information content (AvgIpc) is 2.19. The molecule has 1 rings (SSSR count). The first-order valence-corrected chi connectivity index (χ1v) is 4.90. The molecule has 13 heavy (non-hydrogen) atoms. The van der Waals surface area contributed by atoms with Crippen LogP contribution >= 0.6 is 11.6 Å². The van der Waals surface area contributed by atoms with Crippen molar-refractivity contribution in [3.8, 4) is 0 Å². The molecule has 0 aromatic heterocycles. The van der Waals surface area contributed by atoms with Crippen LogP contribution in [0.3, 0.4) is 0 Å². The standard InChI is InChI=1S/C11H13ClO/c1-2-10(12)8-11(13)9-6-4-3-5-7-9/h3-7,10H,2,8H2,1H3. The van der Waals surface area contributed by atoms with Crippen LogP contribution in [0.15, 0.2) is 30.3 Å². The van der Waals surface area contributed by atoms with Gasteiger partial charge in [-0.2, -0.15) is 0 Å². The van der Waals surface area contributed by atoms with Crippen molar-refractivity contribution in [1.29, 1.82) is 0 Å². The van der Waals surface area contributed by atoms with E-state index < -0.39 is 0 Å². The average molecular weight is 197 g/mol. The van der Waals surface area contributed by atoms with Crippen LogP contribution in [0.5, 0.6) is 0 Å². The van der Waals surface area contributed by atoms with Crippen molar-refractivity contribution in [2.45, 2.75) is 25.1 Å². The number of Topliss-reactive ketones (excluding diaryl/α,β-unsaturated/α-hetero) is 1. The van der Waals surface area contributed by atoms with Crippen LogP contribution in [0, 0.1) is 0 Å². The largest absolute Gasteiger partial charge is 0.294 e. The lowest BCUT2D eigenvalue weighted by Crippen LogP contribution is -2.07. The fourth-order valence-electron chi connectivity index (χ4n) is 1.09. The highest BCUT2D eigenvalue weighted by Gasteiger charge is 2.10. The van der Waals surface area contributed by atoms with Crippen molar-refractivity contribution >= 4 is 17.4 Å². The van der Waals surface area contributed by atoms with Gasteiger partial charge >= 0.3 is 0 Å². The Hall–Kier alpha value is -0.820. The van der Waals surface area contributed by atoms with Crippen LogP contribution in [0.2, 0.25) is 0 Å². The maximum absolute atomic E-state index is 11.5. The Morgan fingerprint density at radius 1 is 1.38 bits per heavy atom. The Morgan fingerprint density at radius 2 is 2.00 bits per heavy atom. The molecular formula is C11H13ClO. The maximum Gasteiger partial charge on any atom is 0.164 e. The van der Waals surface area contributed by atoms with Gasteiger partial charge in [0.05, 0.1) is 0 Å². The van der Waals surface area contributed by atoms with Gasteiger partial charge < -0.3 is 0 Å². The topological polar surface area (TPSA) is 17.1 Å². The summed E-state index contributed by atoms with van der Waals surface area (Å²) in [6.07, 6.45) is 1.27. The number of hydrogen-bond donors (Lipinski definition) is 0. The van der Waals surface area contributed by atoms with E-state index in [9.17, 15) is 4.79 Å². The van der Waals surface area contributed by atoms with Gasteiger partial charge in [0.2, 0.25) is 0 Å². The third kappa shape index (κ3) is 3.19. The number of benzene rings is 1. The summed E-state index contributed by atoms with van der Waals surface area (Å²) in [6, 6.07) is 9.27. The van der Waals surface area contributed by atoms with Gasteiger partial charge in [-0.25, -0.2) is 0 Å². The number of rotatable bonds is 4.